The number of anilines is 2. The van der Waals surface area contributed by atoms with Crippen molar-refractivity contribution in [2.24, 2.45) is 11.8 Å². The van der Waals surface area contributed by atoms with Gasteiger partial charge >= 0.3 is 0 Å². The number of benzene rings is 2. The third-order valence-corrected chi connectivity index (χ3v) is 5.12. The molecule has 3 rings (SSSR count). The fourth-order valence-corrected chi connectivity index (χ4v) is 3.20. The highest BCUT2D eigenvalue weighted by atomic mass is 35.5. The number of para-hydroxylation sites is 1. The number of carbonyl (C=O) groups is 2. The lowest BCUT2D eigenvalue weighted by Gasteiger charge is -2.21. The van der Waals surface area contributed by atoms with E-state index in [1.807, 2.05) is 37.3 Å². The summed E-state index contributed by atoms with van der Waals surface area (Å²) in [5.74, 6) is -0.851. The largest absolute Gasteiger partial charge is 0.324 e. The van der Waals surface area contributed by atoms with Crippen LogP contribution in [0.25, 0.3) is 0 Å². The molecule has 2 amide bonds. The van der Waals surface area contributed by atoms with Crippen LogP contribution in [0, 0.1) is 11.8 Å². The Bertz CT molecular complexity index is 795. The minimum atomic E-state index is -0.333. The Labute approximate surface area is 156 Å². The molecule has 1 aliphatic rings. The van der Waals surface area contributed by atoms with Gasteiger partial charge in [-0.05, 0) is 37.6 Å². The molecule has 0 radical (unpaired) electrons. The van der Waals surface area contributed by atoms with Crippen molar-refractivity contribution >= 4 is 46.4 Å². The van der Waals surface area contributed by atoms with E-state index in [9.17, 15) is 9.59 Å². The molecule has 1 aliphatic carbocycles. The number of hydrogen-bond acceptors (Lipinski definition) is 2. The van der Waals surface area contributed by atoms with Crippen LogP contribution in [0.1, 0.15) is 13.3 Å². The Kier molecular flexibility index (Phi) is 5.30. The third kappa shape index (κ3) is 3.80. The van der Waals surface area contributed by atoms with Gasteiger partial charge < -0.3 is 10.2 Å². The summed E-state index contributed by atoms with van der Waals surface area (Å²) in [5.41, 5.74) is 1.31. The van der Waals surface area contributed by atoms with Gasteiger partial charge in [0.15, 0.2) is 0 Å². The van der Waals surface area contributed by atoms with E-state index >= 15 is 0 Å². The molecule has 1 N–H and O–H groups in total. The van der Waals surface area contributed by atoms with Gasteiger partial charge in [0.25, 0.3) is 0 Å². The molecule has 0 heterocycles. The standard InChI is InChI=1S/C19H18Cl2N2O2/c1-2-23(12-7-4-3-5-8-12)19(25)14-11-13(14)18(24)22-16-10-6-9-15(20)17(16)21/h3-10,13-14H,2,11H2,1H3,(H,22,24). The topological polar surface area (TPSA) is 49.4 Å². The molecule has 6 heteroatoms. The number of rotatable bonds is 5. The maximum Gasteiger partial charge on any atom is 0.230 e. The quantitative estimate of drug-likeness (QED) is 0.827. The lowest BCUT2D eigenvalue weighted by molar-refractivity contribution is -0.123. The number of nitrogens with one attached hydrogen (secondary N) is 1. The molecular formula is C19H18Cl2N2O2. The summed E-state index contributed by atoms with van der Waals surface area (Å²) < 4.78 is 0. The summed E-state index contributed by atoms with van der Waals surface area (Å²) in [4.78, 5) is 26.9. The van der Waals surface area contributed by atoms with Crippen LogP contribution in [0.3, 0.4) is 0 Å². The van der Waals surface area contributed by atoms with E-state index in [0.29, 0.717) is 28.7 Å². The second-order valence-electron chi connectivity index (χ2n) is 5.96. The second-order valence-corrected chi connectivity index (χ2v) is 6.74. The number of nitrogens with zero attached hydrogens (tertiary/aromatic N) is 1. The first-order chi connectivity index (χ1) is 12.0. The second kappa shape index (κ2) is 7.46. The SMILES string of the molecule is CCN(C(=O)C1CC1C(=O)Nc1cccc(Cl)c1Cl)c1ccccc1. The van der Waals surface area contributed by atoms with Crippen molar-refractivity contribution in [2.45, 2.75) is 13.3 Å². The molecule has 130 valence electrons. The predicted octanol–water partition coefficient (Wildman–Crippen LogP) is 4.62. The lowest BCUT2D eigenvalue weighted by Crippen LogP contribution is -2.33. The van der Waals surface area contributed by atoms with E-state index in [1.54, 1.807) is 23.1 Å². The third-order valence-electron chi connectivity index (χ3n) is 4.30. The first-order valence-electron chi connectivity index (χ1n) is 8.14. The number of halogens is 2. The van der Waals surface area contributed by atoms with Crippen LogP contribution in [0.15, 0.2) is 48.5 Å². The molecule has 1 fully saturated rings. The van der Waals surface area contributed by atoms with Crippen molar-refractivity contribution < 1.29 is 9.59 Å². The number of amides is 2. The number of hydrogen-bond donors (Lipinski definition) is 1. The zero-order valence-corrected chi connectivity index (χ0v) is 15.2. The van der Waals surface area contributed by atoms with Crippen LogP contribution >= 0.6 is 23.2 Å². The first kappa shape index (κ1) is 17.8. The molecule has 0 bridgehead atoms. The molecule has 0 aliphatic heterocycles. The maximum atomic E-state index is 12.7. The van der Waals surface area contributed by atoms with Crippen LogP contribution in [0.5, 0.6) is 0 Å². The fourth-order valence-electron chi connectivity index (χ4n) is 2.86. The van der Waals surface area contributed by atoms with Crippen molar-refractivity contribution in [3.8, 4) is 0 Å². The van der Waals surface area contributed by atoms with Crippen LogP contribution in [0.2, 0.25) is 10.0 Å². The highest BCUT2D eigenvalue weighted by molar-refractivity contribution is 6.44. The normalized spacial score (nSPS) is 18.5. The smallest absolute Gasteiger partial charge is 0.230 e. The zero-order chi connectivity index (χ0) is 18.0. The molecule has 2 unspecified atom stereocenters. The zero-order valence-electron chi connectivity index (χ0n) is 13.7. The Morgan fingerprint density at radius 3 is 2.48 bits per heavy atom. The van der Waals surface area contributed by atoms with Crippen molar-refractivity contribution in [1.29, 1.82) is 0 Å². The van der Waals surface area contributed by atoms with Crippen LogP contribution in [0.4, 0.5) is 11.4 Å². The Hall–Kier alpha value is -2.04. The Morgan fingerprint density at radius 1 is 1.08 bits per heavy atom. The molecule has 2 atom stereocenters. The van der Waals surface area contributed by atoms with Gasteiger partial charge in [-0.2, -0.15) is 0 Å². The van der Waals surface area contributed by atoms with E-state index in [-0.39, 0.29) is 23.7 Å². The van der Waals surface area contributed by atoms with E-state index < -0.39 is 0 Å². The maximum absolute atomic E-state index is 12.7. The molecule has 0 saturated heterocycles. The van der Waals surface area contributed by atoms with E-state index in [4.69, 9.17) is 23.2 Å². The molecular weight excluding hydrogens is 359 g/mol. The van der Waals surface area contributed by atoms with E-state index in [0.717, 1.165) is 5.69 Å². The summed E-state index contributed by atoms with van der Waals surface area (Å²) >= 11 is 12.0. The van der Waals surface area contributed by atoms with Gasteiger partial charge in [0.1, 0.15) is 0 Å². The molecule has 1 saturated carbocycles. The van der Waals surface area contributed by atoms with Crippen molar-refractivity contribution in [3.63, 3.8) is 0 Å². The monoisotopic (exact) mass is 376 g/mol. The van der Waals surface area contributed by atoms with E-state index in [2.05, 4.69) is 5.32 Å². The van der Waals surface area contributed by atoms with Gasteiger partial charge in [-0.25, -0.2) is 0 Å². The lowest BCUT2D eigenvalue weighted by atomic mass is 10.2. The predicted molar refractivity (Wildman–Crippen MR) is 101 cm³/mol. The highest BCUT2D eigenvalue weighted by Crippen LogP contribution is 2.42. The van der Waals surface area contributed by atoms with E-state index in [1.165, 1.54) is 0 Å². The number of carbonyl (C=O) groups excluding carboxylic acids is 2. The van der Waals surface area contributed by atoms with Gasteiger partial charge in [0.05, 0.1) is 27.6 Å². The molecule has 2 aromatic carbocycles. The molecule has 2 aromatic rings. The summed E-state index contributed by atoms with van der Waals surface area (Å²) in [6.45, 7) is 2.49. The van der Waals surface area contributed by atoms with Crippen molar-refractivity contribution in [2.75, 3.05) is 16.8 Å². The van der Waals surface area contributed by atoms with Gasteiger partial charge in [-0.3, -0.25) is 9.59 Å². The minimum absolute atomic E-state index is 0.0222. The van der Waals surface area contributed by atoms with Crippen LogP contribution in [-0.4, -0.2) is 18.4 Å². The molecule has 0 spiro atoms. The van der Waals surface area contributed by atoms with Gasteiger partial charge in [0, 0.05) is 12.2 Å². The van der Waals surface area contributed by atoms with Crippen LogP contribution in [-0.2, 0) is 9.59 Å². The van der Waals surface area contributed by atoms with Crippen molar-refractivity contribution in [3.05, 3.63) is 58.6 Å². The summed E-state index contributed by atoms with van der Waals surface area (Å²) in [6, 6.07) is 14.5. The first-order valence-corrected chi connectivity index (χ1v) is 8.89. The fraction of sp³-hybridized carbons (Fsp3) is 0.263. The van der Waals surface area contributed by atoms with Gasteiger partial charge in [0.2, 0.25) is 11.8 Å². The van der Waals surface area contributed by atoms with Crippen LogP contribution < -0.4 is 10.2 Å². The molecule has 0 aromatic heterocycles. The van der Waals surface area contributed by atoms with Gasteiger partial charge in [-0.15, -0.1) is 0 Å². The van der Waals surface area contributed by atoms with Crippen molar-refractivity contribution in [1.82, 2.24) is 0 Å². The minimum Gasteiger partial charge on any atom is -0.324 e. The van der Waals surface area contributed by atoms with Gasteiger partial charge in [-0.1, -0.05) is 47.5 Å². The average molecular weight is 377 g/mol. The summed E-state index contributed by atoms with van der Waals surface area (Å²) in [7, 11) is 0. The average Bonchev–Trinajstić information content (AvgIpc) is 3.41. The molecule has 25 heavy (non-hydrogen) atoms. The summed E-state index contributed by atoms with van der Waals surface area (Å²) in [6.07, 6.45) is 0.548. The highest BCUT2D eigenvalue weighted by Gasteiger charge is 2.49. The molecule has 4 nitrogen and oxygen atoms in total. The summed E-state index contributed by atoms with van der Waals surface area (Å²) in [5, 5.41) is 3.45. The Morgan fingerprint density at radius 2 is 1.80 bits per heavy atom. The Balaban J connectivity index is 1.66.